The van der Waals surface area contributed by atoms with Crippen molar-refractivity contribution < 1.29 is 4.79 Å². The summed E-state index contributed by atoms with van der Waals surface area (Å²) in [6.45, 7) is 0.476. The molecule has 0 spiro atoms. The zero-order valence-corrected chi connectivity index (χ0v) is 11.1. The van der Waals surface area contributed by atoms with E-state index in [0.717, 1.165) is 5.56 Å². The molecular weight excluding hydrogens is 286 g/mol. The van der Waals surface area contributed by atoms with Crippen molar-refractivity contribution in [2.45, 2.75) is 6.54 Å². The molecule has 2 aromatic rings. The molecule has 1 N–H and O–H groups in total. The van der Waals surface area contributed by atoms with Crippen molar-refractivity contribution in [2.75, 3.05) is 0 Å². The van der Waals surface area contributed by atoms with Crippen LogP contribution < -0.4 is 5.32 Å². The van der Waals surface area contributed by atoms with Crippen molar-refractivity contribution in [1.82, 2.24) is 24.6 Å². The van der Waals surface area contributed by atoms with Gasteiger partial charge >= 0.3 is 0 Å². The molecule has 90 valence electrons. The highest BCUT2D eigenvalue weighted by Gasteiger charge is 2.13. The van der Waals surface area contributed by atoms with Gasteiger partial charge in [0.1, 0.15) is 0 Å². The van der Waals surface area contributed by atoms with Crippen LogP contribution in [0.1, 0.15) is 16.2 Å². The van der Waals surface area contributed by atoms with Crippen molar-refractivity contribution in [3.8, 4) is 0 Å². The van der Waals surface area contributed by atoms with Crippen molar-refractivity contribution >= 4 is 21.8 Å². The third kappa shape index (κ3) is 2.73. The lowest BCUT2D eigenvalue weighted by Gasteiger charge is -2.02. The summed E-state index contributed by atoms with van der Waals surface area (Å²) in [6, 6.07) is 1.95. The molecule has 17 heavy (non-hydrogen) atoms. The zero-order valence-electron chi connectivity index (χ0n) is 9.51. The summed E-state index contributed by atoms with van der Waals surface area (Å²) < 4.78 is 3.77. The van der Waals surface area contributed by atoms with Gasteiger partial charge in [-0.25, -0.2) is 4.68 Å². The molecule has 0 aliphatic heterocycles. The topological polar surface area (TPSA) is 64.7 Å². The fourth-order valence-electron chi connectivity index (χ4n) is 1.48. The van der Waals surface area contributed by atoms with E-state index in [1.54, 1.807) is 7.05 Å². The Bertz CT molecular complexity index is 545. The first-order valence-corrected chi connectivity index (χ1v) is 5.81. The van der Waals surface area contributed by atoms with E-state index in [1.165, 1.54) is 4.68 Å². The molecule has 0 saturated carbocycles. The molecule has 2 rings (SSSR count). The van der Waals surface area contributed by atoms with Crippen LogP contribution in [0, 0.1) is 0 Å². The van der Waals surface area contributed by atoms with E-state index in [9.17, 15) is 4.79 Å². The molecule has 2 aromatic heterocycles. The minimum Gasteiger partial charge on any atom is -0.357 e. The maximum absolute atomic E-state index is 11.8. The number of hydrogen-bond donors (Lipinski definition) is 1. The van der Waals surface area contributed by atoms with Crippen LogP contribution in [0.2, 0.25) is 0 Å². The standard InChI is InChI=1S/C10H12BrN5O/c1-15-4-3-7(6-15)5-12-9(17)8-13-10(11)14-16(8)2/h3-4,6H,5H2,1-2H3,(H,12,17). The van der Waals surface area contributed by atoms with Gasteiger partial charge in [-0.3, -0.25) is 4.79 Å². The summed E-state index contributed by atoms with van der Waals surface area (Å²) in [4.78, 5) is 15.8. The molecule has 0 unspecified atom stereocenters. The maximum atomic E-state index is 11.8. The minimum absolute atomic E-state index is 0.241. The fraction of sp³-hybridized carbons (Fsp3) is 0.300. The highest BCUT2D eigenvalue weighted by atomic mass is 79.9. The molecule has 0 fully saturated rings. The normalized spacial score (nSPS) is 10.5. The number of carbonyl (C=O) groups is 1. The van der Waals surface area contributed by atoms with Crippen molar-refractivity contribution in [1.29, 1.82) is 0 Å². The molecule has 0 saturated heterocycles. The number of aryl methyl sites for hydroxylation is 2. The van der Waals surface area contributed by atoms with E-state index >= 15 is 0 Å². The second-order valence-electron chi connectivity index (χ2n) is 3.70. The lowest BCUT2D eigenvalue weighted by atomic mass is 10.3. The average Bonchev–Trinajstić information content (AvgIpc) is 2.81. The van der Waals surface area contributed by atoms with Gasteiger partial charge in [0.25, 0.3) is 5.91 Å². The number of nitrogens with zero attached hydrogens (tertiary/aromatic N) is 4. The van der Waals surface area contributed by atoms with Crippen LogP contribution in [0.3, 0.4) is 0 Å². The Morgan fingerprint density at radius 3 is 2.82 bits per heavy atom. The van der Waals surface area contributed by atoms with Crippen LogP contribution in [0.4, 0.5) is 0 Å². The Hall–Kier alpha value is -1.63. The van der Waals surface area contributed by atoms with E-state index in [-0.39, 0.29) is 11.7 Å². The summed E-state index contributed by atoms with van der Waals surface area (Å²) >= 11 is 3.12. The van der Waals surface area contributed by atoms with Gasteiger partial charge < -0.3 is 9.88 Å². The highest BCUT2D eigenvalue weighted by molar-refractivity contribution is 9.10. The molecule has 0 aliphatic carbocycles. The highest BCUT2D eigenvalue weighted by Crippen LogP contribution is 2.04. The van der Waals surface area contributed by atoms with Gasteiger partial charge in [-0.15, -0.1) is 5.10 Å². The zero-order chi connectivity index (χ0) is 12.4. The van der Waals surface area contributed by atoms with Crippen LogP contribution >= 0.6 is 15.9 Å². The van der Waals surface area contributed by atoms with Crippen LogP contribution in [-0.2, 0) is 20.6 Å². The van der Waals surface area contributed by atoms with Crippen LogP contribution in [0.15, 0.2) is 23.2 Å². The van der Waals surface area contributed by atoms with Crippen molar-refractivity contribution in [2.24, 2.45) is 14.1 Å². The lowest BCUT2D eigenvalue weighted by molar-refractivity contribution is 0.0936. The second kappa shape index (κ2) is 4.70. The summed E-state index contributed by atoms with van der Waals surface area (Å²) in [5, 5.41) is 6.73. The third-order valence-electron chi connectivity index (χ3n) is 2.29. The SMILES string of the molecule is Cn1ccc(CNC(=O)c2nc(Br)nn2C)c1. The quantitative estimate of drug-likeness (QED) is 0.913. The fourth-order valence-corrected chi connectivity index (χ4v) is 1.88. The largest absolute Gasteiger partial charge is 0.357 e. The minimum atomic E-state index is -0.241. The predicted octanol–water partition coefficient (Wildman–Crippen LogP) is 0.846. The predicted molar refractivity (Wildman–Crippen MR) is 65.3 cm³/mol. The van der Waals surface area contributed by atoms with E-state index in [1.807, 2.05) is 30.1 Å². The van der Waals surface area contributed by atoms with Gasteiger partial charge in [-0.1, -0.05) is 0 Å². The van der Waals surface area contributed by atoms with E-state index < -0.39 is 0 Å². The first-order valence-electron chi connectivity index (χ1n) is 5.02. The number of aromatic nitrogens is 4. The van der Waals surface area contributed by atoms with Crippen LogP contribution in [0.5, 0.6) is 0 Å². The average molecular weight is 298 g/mol. The summed E-state index contributed by atoms with van der Waals surface area (Å²) in [5.74, 6) is 0.0439. The van der Waals surface area contributed by atoms with Gasteiger partial charge in [0.2, 0.25) is 10.6 Å². The van der Waals surface area contributed by atoms with Crippen LogP contribution in [-0.4, -0.2) is 25.2 Å². The smallest absolute Gasteiger partial charge is 0.289 e. The third-order valence-corrected chi connectivity index (χ3v) is 2.62. The molecule has 7 heteroatoms. The Morgan fingerprint density at radius 2 is 2.29 bits per heavy atom. The van der Waals surface area contributed by atoms with E-state index in [0.29, 0.717) is 11.3 Å². The summed E-state index contributed by atoms with van der Waals surface area (Å²) in [6.07, 6.45) is 3.88. The number of amides is 1. The molecule has 0 atom stereocenters. The van der Waals surface area contributed by atoms with Gasteiger partial charge in [0.15, 0.2) is 0 Å². The Labute approximate surface area is 107 Å². The molecule has 1 amide bonds. The summed E-state index contributed by atoms with van der Waals surface area (Å²) in [7, 11) is 3.61. The molecule has 6 nitrogen and oxygen atoms in total. The molecule has 0 aliphatic rings. The second-order valence-corrected chi connectivity index (χ2v) is 4.41. The van der Waals surface area contributed by atoms with Gasteiger partial charge in [0, 0.05) is 33.0 Å². The van der Waals surface area contributed by atoms with Gasteiger partial charge in [0.05, 0.1) is 0 Å². The van der Waals surface area contributed by atoms with E-state index in [4.69, 9.17) is 0 Å². The number of hydrogen-bond acceptors (Lipinski definition) is 3. The number of nitrogens with one attached hydrogen (secondary N) is 1. The Kier molecular flexibility index (Phi) is 3.28. The molecule has 0 bridgehead atoms. The summed E-state index contributed by atoms with van der Waals surface area (Å²) in [5.41, 5.74) is 1.04. The first kappa shape index (κ1) is 11.8. The van der Waals surface area contributed by atoms with Crippen molar-refractivity contribution in [3.05, 3.63) is 34.6 Å². The number of halogens is 1. The monoisotopic (exact) mass is 297 g/mol. The van der Waals surface area contributed by atoms with Gasteiger partial charge in [-0.05, 0) is 27.6 Å². The van der Waals surface area contributed by atoms with Crippen LogP contribution in [0.25, 0.3) is 0 Å². The Balaban J connectivity index is 2.00. The Morgan fingerprint density at radius 1 is 1.53 bits per heavy atom. The number of rotatable bonds is 3. The molecular formula is C10H12BrN5O. The van der Waals surface area contributed by atoms with Crippen molar-refractivity contribution in [3.63, 3.8) is 0 Å². The molecule has 0 radical (unpaired) electrons. The number of carbonyl (C=O) groups excluding carboxylic acids is 1. The first-order chi connectivity index (χ1) is 8.06. The van der Waals surface area contributed by atoms with Gasteiger partial charge in [-0.2, -0.15) is 4.98 Å². The maximum Gasteiger partial charge on any atom is 0.289 e. The van der Waals surface area contributed by atoms with E-state index in [2.05, 4.69) is 31.3 Å². The molecule has 0 aromatic carbocycles. The molecule has 2 heterocycles. The lowest BCUT2D eigenvalue weighted by Crippen LogP contribution is -2.25.